The molecule has 0 bridgehead atoms. The van der Waals surface area contributed by atoms with Gasteiger partial charge < -0.3 is 14.8 Å². The highest BCUT2D eigenvalue weighted by molar-refractivity contribution is 5.87. The van der Waals surface area contributed by atoms with E-state index in [2.05, 4.69) is 12.2 Å². The van der Waals surface area contributed by atoms with Crippen LogP contribution in [0.5, 0.6) is 5.75 Å². The summed E-state index contributed by atoms with van der Waals surface area (Å²) < 4.78 is 11.5. The number of benzene rings is 1. The summed E-state index contributed by atoms with van der Waals surface area (Å²) in [5.74, 6) is 0.656. The van der Waals surface area contributed by atoms with Gasteiger partial charge in [-0.15, -0.1) is 0 Å². The first-order chi connectivity index (χ1) is 16.8. The van der Waals surface area contributed by atoms with Crippen molar-refractivity contribution in [2.45, 2.75) is 117 Å². The third-order valence-electron chi connectivity index (χ3n) is 7.10. The van der Waals surface area contributed by atoms with E-state index >= 15 is 0 Å². The van der Waals surface area contributed by atoms with Crippen molar-refractivity contribution in [1.82, 2.24) is 5.32 Å². The van der Waals surface area contributed by atoms with Crippen molar-refractivity contribution in [2.75, 3.05) is 6.61 Å². The maximum atomic E-state index is 12.4. The van der Waals surface area contributed by atoms with Crippen molar-refractivity contribution >= 4 is 18.0 Å². The second kappa shape index (κ2) is 15.6. The van der Waals surface area contributed by atoms with Crippen molar-refractivity contribution < 1.29 is 19.1 Å². The van der Waals surface area contributed by atoms with Gasteiger partial charge in [-0.25, -0.2) is 4.79 Å². The predicted octanol–water partition coefficient (Wildman–Crippen LogP) is 7.24. The summed E-state index contributed by atoms with van der Waals surface area (Å²) in [5, 5.41) is 3.16. The molecule has 1 fully saturated rings. The average Bonchev–Trinajstić information content (AvgIpc) is 2.86. The Kier molecular flexibility index (Phi) is 12.9. The van der Waals surface area contributed by atoms with Gasteiger partial charge in [0, 0.05) is 17.5 Å². The Labute approximate surface area is 213 Å². The zero-order valence-corrected chi connectivity index (χ0v) is 22.4. The van der Waals surface area contributed by atoms with E-state index in [1.807, 2.05) is 45.0 Å². The summed E-state index contributed by atoms with van der Waals surface area (Å²) in [5.41, 5.74) is 0.599. The fourth-order valence-corrected chi connectivity index (χ4v) is 4.16. The van der Waals surface area contributed by atoms with Gasteiger partial charge in [-0.1, -0.05) is 78.4 Å². The van der Waals surface area contributed by atoms with Crippen LogP contribution >= 0.6 is 0 Å². The Morgan fingerprint density at radius 1 is 0.943 bits per heavy atom. The summed E-state index contributed by atoms with van der Waals surface area (Å²) in [7, 11) is 0. The molecule has 1 saturated carbocycles. The van der Waals surface area contributed by atoms with Crippen LogP contribution in [-0.2, 0) is 14.3 Å². The predicted molar refractivity (Wildman–Crippen MR) is 143 cm³/mol. The minimum absolute atomic E-state index is 0.0816. The van der Waals surface area contributed by atoms with Crippen LogP contribution in [0.2, 0.25) is 0 Å². The van der Waals surface area contributed by atoms with E-state index in [1.54, 1.807) is 6.08 Å². The molecule has 1 amide bonds. The number of rotatable bonds is 15. The summed E-state index contributed by atoms with van der Waals surface area (Å²) in [6.07, 6.45) is 16.1. The van der Waals surface area contributed by atoms with Crippen LogP contribution in [0.4, 0.5) is 0 Å². The molecule has 0 aromatic heterocycles. The van der Waals surface area contributed by atoms with Crippen LogP contribution in [0.15, 0.2) is 30.3 Å². The van der Waals surface area contributed by atoms with E-state index in [0.29, 0.717) is 0 Å². The molecule has 1 N–H and O–H groups in total. The van der Waals surface area contributed by atoms with Crippen molar-refractivity contribution in [3.8, 4) is 5.75 Å². The first-order valence-corrected chi connectivity index (χ1v) is 13.8. The lowest BCUT2D eigenvalue weighted by atomic mass is 9.87. The number of carbonyl (C=O) groups excluding carboxylic acids is 2. The zero-order valence-electron chi connectivity index (χ0n) is 22.4. The number of hydrogen-bond acceptors (Lipinski definition) is 4. The molecule has 0 heterocycles. The van der Waals surface area contributed by atoms with Crippen LogP contribution in [0.3, 0.4) is 0 Å². The monoisotopic (exact) mass is 485 g/mol. The fraction of sp³-hybridized carbons (Fsp3) is 0.667. The molecule has 35 heavy (non-hydrogen) atoms. The molecule has 5 nitrogen and oxygen atoms in total. The second-order valence-corrected chi connectivity index (χ2v) is 10.5. The standard InChI is InChI=1S/C30H47NO4/c1-5-7-8-9-10-11-12-23-34-26-18-13-24(14-19-26)15-22-28(32)35-27-20-16-25(17-21-27)31-29(33)30(3,4)6-2/h13-15,18-19,22,25,27H,5-12,16-17,20-21,23H2,1-4H3,(H,31,33)/b22-15+. The SMILES string of the molecule is CCCCCCCCCOc1ccc(/C=C/C(=O)OC2CCC(NC(=O)C(C)(C)CC)CC2)cc1. The van der Waals surface area contributed by atoms with Gasteiger partial charge in [0.05, 0.1) is 6.61 Å². The third-order valence-corrected chi connectivity index (χ3v) is 7.10. The Bertz CT molecular complexity index is 776. The van der Waals surface area contributed by atoms with Crippen molar-refractivity contribution in [2.24, 2.45) is 5.41 Å². The van der Waals surface area contributed by atoms with Gasteiger partial charge in [0.15, 0.2) is 0 Å². The maximum absolute atomic E-state index is 12.4. The van der Waals surface area contributed by atoms with Crippen LogP contribution in [0.1, 0.15) is 110 Å². The van der Waals surface area contributed by atoms with E-state index < -0.39 is 0 Å². The maximum Gasteiger partial charge on any atom is 0.331 e. The molecule has 0 unspecified atom stereocenters. The van der Waals surface area contributed by atoms with Gasteiger partial charge in [-0.3, -0.25) is 4.79 Å². The topological polar surface area (TPSA) is 64.6 Å². The molecule has 2 rings (SSSR count). The minimum Gasteiger partial charge on any atom is -0.494 e. The molecular weight excluding hydrogens is 438 g/mol. The van der Waals surface area contributed by atoms with E-state index in [-0.39, 0.29) is 29.4 Å². The summed E-state index contributed by atoms with van der Waals surface area (Å²) in [6, 6.07) is 7.97. The highest BCUT2D eigenvalue weighted by atomic mass is 16.5. The summed E-state index contributed by atoms with van der Waals surface area (Å²) in [6.45, 7) is 8.97. The van der Waals surface area contributed by atoms with E-state index in [1.165, 1.54) is 44.6 Å². The highest BCUT2D eigenvalue weighted by Gasteiger charge is 2.30. The number of hydrogen-bond donors (Lipinski definition) is 1. The van der Waals surface area contributed by atoms with E-state index in [9.17, 15) is 9.59 Å². The number of unbranched alkanes of at least 4 members (excludes halogenated alkanes) is 6. The van der Waals surface area contributed by atoms with E-state index in [4.69, 9.17) is 9.47 Å². The summed E-state index contributed by atoms with van der Waals surface area (Å²) >= 11 is 0. The van der Waals surface area contributed by atoms with Crippen molar-refractivity contribution in [1.29, 1.82) is 0 Å². The largest absolute Gasteiger partial charge is 0.494 e. The molecule has 0 radical (unpaired) electrons. The Morgan fingerprint density at radius 2 is 1.57 bits per heavy atom. The van der Waals surface area contributed by atoms with Gasteiger partial charge in [0.1, 0.15) is 11.9 Å². The van der Waals surface area contributed by atoms with Crippen LogP contribution in [0, 0.1) is 5.41 Å². The second-order valence-electron chi connectivity index (χ2n) is 10.5. The van der Waals surface area contributed by atoms with Crippen LogP contribution in [0.25, 0.3) is 6.08 Å². The smallest absolute Gasteiger partial charge is 0.331 e. The Hall–Kier alpha value is -2.30. The molecule has 0 saturated heterocycles. The first kappa shape index (κ1) is 28.9. The molecule has 1 aromatic carbocycles. The third kappa shape index (κ3) is 11.3. The van der Waals surface area contributed by atoms with Gasteiger partial charge in [-0.05, 0) is 62.3 Å². The normalized spacial score (nSPS) is 18.4. The van der Waals surface area contributed by atoms with Crippen LogP contribution < -0.4 is 10.1 Å². The van der Waals surface area contributed by atoms with E-state index in [0.717, 1.165) is 56.4 Å². The number of ether oxygens (including phenoxy) is 2. The van der Waals surface area contributed by atoms with Gasteiger partial charge in [-0.2, -0.15) is 0 Å². The molecule has 5 heteroatoms. The summed E-state index contributed by atoms with van der Waals surface area (Å²) in [4.78, 5) is 24.6. The number of amides is 1. The van der Waals surface area contributed by atoms with Gasteiger partial charge in [0.2, 0.25) is 5.91 Å². The molecule has 0 atom stereocenters. The highest BCUT2D eigenvalue weighted by Crippen LogP contribution is 2.25. The molecule has 196 valence electrons. The molecular formula is C30H47NO4. The quantitative estimate of drug-likeness (QED) is 0.162. The number of nitrogens with one attached hydrogen (secondary N) is 1. The Balaban J connectivity index is 1.63. The van der Waals surface area contributed by atoms with Crippen molar-refractivity contribution in [3.05, 3.63) is 35.9 Å². The van der Waals surface area contributed by atoms with Gasteiger partial charge in [0.25, 0.3) is 0 Å². The number of carbonyl (C=O) groups is 2. The molecule has 0 spiro atoms. The first-order valence-electron chi connectivity index (χ1n) is 13.8. The van der Waals surface area contributed by atoms with Crippen molar-refractivity contribution in [3.63, 3.8) is 0 Å². The average molecular weight is 486 g/mol. The molecule has 0 aliphatic heterocycles. The lowest BCUT2D eigenvalue weighted by Gasteiger charge is -2.31. The number of esters is 1. The van der Waals surface area contributed by atoms with Gasteiger partial charge >= 0.3 is 5.97 Å². The molecule has 1 aromatic rings. The molecule has 1 aliphatic rings. The molecule has 1 aliphatic carbocycles. The lowest BCUT2D eigenvalue weighted by molar-refractivity contribution is -0.145. The van der Waals surface area contributed by atoms with Crippen LogP contribution in [-0.4, -0.2) is 30.6 Å². The fourth-order valence-electron chi connectivity index (χ4n) is 4.16. The lowest BCUT2D eigenvalue weighted by Crippen LogP contribution is -2.45. The minimum atomic E-state index is -0.341. The Morgan fingerprint density at radius 3 is 2.20 bits per heavy atom. The zero-order chi connectivity index (χ0) is 25.5.